The molecule has 0 aromatic carbocycles. The summed E-state index contributed by atoms with van der Waals surface area (Å²) >= 11 is 0. The molecule has 4 nitrogen and oxygen atoms in total. The van der Waals surface area contributed by atoms with Crippen molar-refractivity contribution in [3.8, 4) is 0 Å². The van der Waals surface area contributed by atoms with Crippen LogP contribution in [0.2, 0.25) is 0 Å². The van der Waals surface area contributed by atoms with Crippen LogP contribution in [-0.4, -0.2) is 48.6 Å². The maximum atomic E-state index is 4.57. The fourth-order valence-corrected chi connectivity index (χ4v) is 3.14. The van der Waals surface area contributed by atoms with Crippen molar-refractivity contribution >= 4 is 5.82 Å². The van der Waals surface area contributed by atoms with Gasteiger partial charge in [0.1, 0.15) is 5.82 Å². The van der Waals surface area contributed by atoms with Crippen LogP contribution >= 0.6 is 0 Å². The number of rotatable bonds is 8. The number of nitrogens with one attached hydrogen (secondary N) is 1. The van der Waals surface area contributed by atoms with Crippen molar-refractivity contribution in [3.05, 3.63) is 23.9 Å². The van der Waals surface area contributed by atoms with E-state index in [9.17, 15) is 0 Å². The maximum absolute atomic E-state index is 4.57. The van der Waals surface area contributed by atoms with E-state index in [4.69, 9.17) is 0 Å². The van der Waals surface area contributed by atoms with Gasteiger partial charge >= 0.3 is 0 Å². The van der Waals surface area contributed by atoms with Crippen LogP contribution in [0.3, 0.4) is 0 Å². The van der Waals surface area contributed by atoms with Crippen LogP contribution in [0.1, 0.15) is 39.2 Å². The lowest BCUT2D eigenvalue weighted by Crippen LogP contribution is -2.37. The molecule has 0 spiro atoms. The molecule has 1 atom stereocenters. The zero-order chi connectivity index (χ0) is 15.1. The summed E-state index contributed by atoms with van der Waals surface area (Å²) in [5.74, 6) is 1.14. The number of hydrogen-bond acceptors (Lipinski definition) is 4. The quantitative estimate of drug-likeness (QED) is 0.746. The number of anilines is 1. The molecule has 0 radical (unpaired) electrons. The first-order valence-electron chi connectivity index (χ1n) is 8.43. The minimum atomic E-state index is 0.684. The van der Waals surface area contributed by atoms with Gasteiger partial charge in [0.15, 0.2) is 0 Å². The molecule has 1 aromatic heterocycles. The first-order valence-corrected chi connectivity index (χ1v) is 8.43. The molecule has 1 aliphatic heterocycles. The standard InChI is InChI=1S/C17H30N4/c1-4-9-18-13-15-7-10-19-17(12-15)21-11-8-16(14-21)20(5-2)6-3/h7,10,12,16,18H,4-6,8-9,11,13-14H2,1-3H3. The van der Waals surface area contributed by atoms with Gasteiger partial charge in [-0.1, -0.05) is 20.8 Å². The van der Waals surface area contributed by atoms with E-state index in [2.05, 4.69) is 53.0 Å². The minimum Gasteiger partial charge on any atom is -0.355 e. The van der Waals surface area contributed by atoms with Crippen molar-refractivity contribution in [2.45, 2.75) is 46.2 Å². The third-order valence-corrected chi connectivity index (χ3v) is 4.38. The van der Waals surface area contributed by atoms with Crippen LogP contribution < -0.4 is 10.2 Å². The minimum absolute atomic E-state index is 0.684. The van der Waals surface area contributed by atoms with Gasteiger partial charge in [-0.05, 0) is 50.2 Å². The van der Waals surface area contributed by atoms with Gasteiger partial charge in [-0.15, -0.1) is 0 Å². The van der Waals surface area contributed by atoms with E-state index < -0.39 is 0 Å². The summed E-state index contributed by atoms with van der Waals surface area (Å²) in [6.45, 7) is 13.2. The average Bonchev–Trinajstić information content (AvgIpc) is 2.99. The zero-order valence-corrected chi connectivity index (χ0v) is 13.8. The van der Waals surface area contributed by atoms with E-state index in [1.54, 1.807) is 0 Å². The molecule has 21 heavy (non-hydrogen) atoms. The molecule has 1 fully saturated rings. The van der Waals surface area contributed by atoms with Gasteiger partial charge in [-0.2, -0.15) is 0 Å². The smallest absolute Gasteiger partial charge is 0.128 e. The van der Waals surface area contributed by atoms with Crippen molar-refractivity contribution in [1.82, 2.24) is 15.2 Å². The van der Waals surface area contributed by atoms with Gasteiger partial charge < -0.3 is 10.2 Å². The van der Waals surface area contributed by atoms with Crippen LogP contribution in [0.15, 0.2) is 18.3 Å². The highest BCUT2D eigenvalue weighted by atomic mass is 15.3. The third kappa shape index (κ3) is 4.42. The summed E-state index contributed by atoms with van der Waals surface area (Å²) in [4.78, 5) is 9.57. The van der Waals surface area contributed by atoms with Gasteiger partial charge in [0.05, 0.1) is 0 Å². The van der Waals surface area contributed by atoms with E-state index in [1.807, 2.05) is 6.20 Å². The van der Waals surface area contributed by atoms with Crippen molar-refractivity contribution in [2.75, 3.05) is 37.6 Å². The van der Waals surface area contributed by atoms with Gasteiger partial charge in [0.25, 0.3) is 0 Å². The Kier molecular flexibility index (Phi) is 6.46. The summed E-state index contributed by atoms with van der Waals surface area (Å²) in [5.41, 5.74) is 1.33. The molecule has 2 heterocycles. The lowest BCUT2D eigenvalue weighted by atomic mass is 10.2. The van der Waals surface area contributed by atoms with E-state index in [-0.39, 0.29) is 0 Å². The van der Waals surface area contributed by atoms with Gasteiger partial charge in [-0.3, -0.25) is 4.90 Å². The Bertz CT molecular complexity index is 417. The highest BCUT2D eigenvalue weighted by Gasteiger charge is 2.26. The Morgan fingerprint density at radius 2 is 2.14 bits per heavy atom. The lowest BCUT2D eigenvalue weighted by molar-refractivity contribution is 0.232. The summed E-state index contributed by atoms with van der Waals surface area (Å²) in [6.07, 6.45) is 4.38. The molecule has 118 valence electrons. The molecule has 1 aromatic rings. The molecule has 0 bridgehead atoms. The van der Waals surface area contributed by atoms with E-state index in [0.29, 0.717) is 6.04 Å². The van der Waals surface area contributed by atoms with Gasteiger partial charge in [0, 0.05) is 31.9 Å². The summed E-state index contributed by atoms with van der Waals surface area (Å²) in [6, 6.07) is 5.04. The molecule has 2 rings (SSSR count). The van der Waals surface area contributed by atoms with E-state index in [0.717, 1.165) is 45.1 Å². The predicted molar refractivity (Wildman–Crippen MR) is 89.8 cm³/mol. The van der Waals surface area contributed by atoms with Crippen LogP contribution in [0.25, 0.3) is 0 Å². The molecular weight excluding hydrogens is 260 g/mol. The van der Waals surface area contributed by atoms with Crippen LogP contribution in [-0.2, 0) is 6.54 Å². The van der Waals surface area contributed by atoms with Gasteiger partial charge in [0.2, 0.25) is 0 Å². The van der Waals surface area contributed by atoms with E-state index >= 15 is 0 Å². The van der Waals surface area contributed by atoms with Crippen LogP contribution in [0.4, 0.5) is 5.82 Å². The van der Waals surface area contributed by atoms with Crippen molar-refractivity contribution < 1.29 is 0 Å². The Hall–Kier alpha value is -1.13. The Morgan fingerprint density at radius 1 is 1.33 bits per heavy atom. The number of likely N-dealkylation sites (N-methyl/N-ethyl adjacent to an activating group) is 1. The molecule has 0 aliphatic carbocycles. The second-order valence-corrected chi connectivity index (χ2v) is 5.81. The number of nitrogens with zero attached hydrogens (tertiary/aromatic N) is 3. The highest BCUT2D eigenvalue weighted by Crippen LogP contribution is 2.22. The normalized spacial score (nSPS) is 18.7. The third-order valence-electron chi connectivity index (χ3n) is 4.38. The second kappa shape index (κ2) is 8.35. The molecule has 4 heteroatoms. The molecule has 0 amide bonds. The Labute approximate surface area is 129 Å². The van der Waals surface area contributed by atoms with Crippen molar-refractivity contribution in [2.24, 2.45) is 0 Å². The molecule has 1 aliphatic rings. The summed E-state index contributed by atoms with van der Waals surface area (Å²) in [7, 11) is 0. The number of aromatic nitrogens is 1. The summed E-state index contributed by atoms with van der Waals surface area (Å²) in [5, 5.41) is 3.46. The average molecular weight is 290 g/mol. The fourth-order valence-electron chi connectivity index (χ4n) is 3.14. The molecule has 1 N–H and O–H groups in total. The first-order chi connectivity index (χ1) is 10.3. The van der Waals surface area contributed by atoms with Crippen molar-refractivity contribution in [3.63, 3.8) is 0 Å². The van der Waals surface area contributed by atoms with Crippen LogP contribution in [0.5, 0.6) is 0 Å². The Morgan fingerprint density at radius 3 is 2.86 bits per heavy atom. The Balaban J connectivity index is 1.94. The molecular formula is C17H30N4. The number of hydrogen-bond donors (Lipinski definition) is 1. The summed E-state index contributed by atoms with van der Waals surface area (Å²) < 4.78 is 0. The van der Waals surface area contributed by atoms with E-state index in [1.165, 1.54) is 18.4 Å². The first kappa shape index (κ1) is 16.2. The predicted octanol–water partition coefficient (Wildman–Crippen LogP) is 2.50. The largest absolute Gasteiger partial charge is 0.355 e. The molecule has 0 saturated carbocycles. The second-order valence-electron chi connectivity index (χ2n) is 5.81. The monoisotopic (exact) mass is 290 g/mol. The van der Waals surface area contributed by atoms with Crippen LogP contribution in [0, 0.1) is 0 Å². The lowest BCUT2D eigenvalue weighted by Gasteiger charge is -2.26. The molecule has 1 saturated heterocycles. The number of pyridine rings is 1. The molecule has 1 unspecified atom stereocenters. The highest BCUT2D eigenvalue weighted by molar-refractivity contribution is 5.42. The topological polar surface area (TPSA) is 31.4 Å². The fraction of sp³-hybridized carbons (Fsp3) is 0.706. The SMILES string of the molecule is CCCNCc1ccnc(N2CCC(N(CC)CC)C2)c1. The zero-order valence-electron chi connectivity index (χ0n) is 13.8. The van der Waals surface area contributed by atoms with Gasteiger partial charge in [-0.25, -0.2) is 4.98 Å². The van der Waals surface area contributed by atoms with Crippen molar-refractivity contribution in [1.29, 1.82) is 0 Å². The maximum Gasteiger partial charge on any atom is 0.128 e.